The molecule has 1 aromatic heterocycles. The Morgan fingerprint density at radius 3 is 2.42 bits per heavy atom. The van der Waals surface area contributed by atoms with Gasteiger partial charge in [0.15, 0.2) is 17.3 Å². The van der Waals surface area contributed by atoms with Gasteiger partial charge in [0.1, 0.15) is 23.3 Å². The Balaban J connectivity index is 2.01. The van der Waals surface area contributed by atoms with Gasteiger partial charge in [0.2, 0.25) is 0 Å². The third-order valence-corrected chi connectivity index (χ3v) is 5.38. The molecule has 170 valence electrons. The lowest BCUT2D eigenvalue weighted by molar-refractivity contribution is -0.132. The van der Waals surface area contributed by atoms with Crippen molar-refractivity contribution in [2.24, 2.45) is 0 Å². The van der Waals surface area contributed by atoms with Crippen LogP contribution in [0.4, 0.5) is 5.82 Å². The molecule has 2 aromatic carbocycles. The highest BCUT2D eigenvalue weighted by atomic mass is 16.5. The number of aromatic nitrogens is 1. The molecule has 1 atom stereocenters. The summed E-state index contributed by atoms with van der Waals surface area (Å²) in [5.41, 5.74) is 0.622. The van der Waals surface area contributed by atoms with E-state index >= 15 is 0 Å². The van der Waals surface area contributed by atoms with E-state index in [4.69, 9.17) is 18.7 Å². The monoisotopic (exact) mass is 450 g/mol. The van der Waals surface area contributed by atoms with Gasteiger partial charge in [-0.05, 0) is 25.1 Å². The van der Waals surface area contributed by atoms with Gasteiger partial charge in [-0.2, -0.15) is 0 Å². The Morgan fingerprint density at radius 1 is 1.03 bits per heavy atom. The van der Waals surface area contributed by atoms with Crippen molar-refractivity contribution in [3.63, 3.8) is 0 Å². The summed E-state index contributed by atoms with van der Waals surface area (Å²) < 4.78 is 21.4. The number of carbonyl (C=O) groups is 2. The molecule has 1 fully saturated rings. The fraction of sp³-hybridized carbons (Fsp3) is 0.208. The molecule has 0 bridgehead atoms. The first-order valence-electron chi connectivity index (χ1n) is 10.0. The lowest BCUT2D eigenvalue weighted by Crippen LogP contribution is -2.30. The number of ketones is 1. The second kappa shape index (κ2) is 8.70. The van der Waals surface area contributed by atoms with E-state index in [0.717, 1.165) is 0 Å². The lowest BCUT2D eigenvalue weighted by atomic mass is 9.94. The Labute approximate surface area is 189 Å². The Bertz CT molecular complexity index is 1260. The summed E-state index contributed by atoms with van der Waals surface area (Å²) >= 11 is 0. The molecule has 33 heavy (non-hydrogen) atoms. The minimum absolute atomic E-state index is 0.125. The fourth-order valence-electron chi connectivity index (χ4n) is 3.88. The normalized spacial score (nSPS) is 17.3. The van der Waals surface area contributed by atoms with Crippen molar-refractivity contribution in [1.29, 1.82) is 0 Å². The minimum atomic E-state index is -1.05. The number of benzene rings is 2. The number of hydrogen-bond donors (Lipinski definition) is 1. The third kappa shape index (κ3) is 3.67. The van der Waals surface area contributed by atoms with Gasteiger partial charge in [-0.3, -0.25) is 14.5 Å². The third-order valence-electron chi connectivity index (χ3n) is 5.38. The number of aryl methyl sites for hydroxylation is 1. The Hall–Kier alpha value is -4.27. The van der Waals surface area contributed by atoms with Crippen LogP contribution in [0, 0.1) is 6.92 Å². The number of Topliss-reactive ketones (excluding diaryl/α,β-unsaturated/α-hetero) is 1. The molecule has 9 nitrogen and oxygen atoms in total. The van der Waals surface area contributed by atoms with Crippen molar-refractivity contribution in [2.75, 3.05) is 26.2 Å². The second-order valence-electron chi connectivity index (χ2n) is 7.28. The van der Waals surface area contributed by atoms with Gasteiger partial charge in [0, 0.05) is 17.2 Å². The Kier molecular flexibility index (Phi) is 5.78. The largest absolute Gasteiger partial charge is 0.507 e. The number of carbonyl (C=O) groups excluding carboxylic acids is 2. The molecular weight excluding hydrogens is 428 g/mol. The zero-order valence-corrected chi connectivity index (χ0v) is 18.5. The van der Waals surface area contributed by atoms with Crippen molar-refractivity contribution in [2.45, 2.75) is 13.0 Å². The van der Waals surface area contributed by atoms with Crippen LogP contribution >= 0.6 is 0 Å². The summed E-state index contributed by atoms with van der Waals surface area (Å²) in [4.78, 5) is 27.6. The van der Waals surface area contributed by atoms with E-state index in [1.807, 2.05) is 0 Å². The van der Waals surface area contributed by atoms with Gasteiger partial charge in [-0.1, -0.05) is 29.4 Å². The summed E-state index contributed by atoms with van der Waals surface area (Å²) in [5, 5.41) is 15.2. The number of methoxy groups -OCH3 is 3. The fourth-order valence-corrected chi connectivity index (χ4v) is 3.88. The average Bonchev–Trinajstić information content (AvgIpc) is 3.38. The molecule has 0 saturated carbocycles. The molecule has 0 radical (unpaired) electrons. The van der Waals surface area contributed by atoms with Crippen LogP contribution in [0.2, 0.25) is 0 Å². The number of rotatable bonds is 6. The second-order valence-corrected chi connectivity index (χ2v) is 7.28. The molecule has 1 saturated heterocycles. The van der Waals surface area contributed by atoms with Crippen LogP contribution in [0.1, 0.15) is 22.9 Å². The first kappa shape index (κ1) is 21.9. The van der Waals surface area contributed by atoms with Gasteiger partial charge in [0.25, 0.3) is 5.78 Å². The van der Waals surface area contributed by atoms with Crippen LogP contribution in [0.3, 0.4) is 0 Å². The van der Waals surface area contributed by atoms with Crippen LogP contribution in [-0.4, -0.2) is 43.3 Å². The maximum atomic E-state index is 13.2. The van der Waals surface area contributed by atoms with Gasteiger partial charge < -0.3 is 23.8 Å². The molecule has 4 rings (SSSR count). The van der Waals surface area contributed by atoms with E-state index in [1.165, 1.54) is 32.3 Å². The number of ether oxygens (including phenoxy) is 3. The van der Waals surface area contributed by atoms with E-state index in [2.05, 4.69) is 5.16 Å². The quantitative estimate of drug-likeness (QED) is 0.344. The van der Waals surface area contributed by atoms with E-state index in [0.29, 0.717) is 34.1 Å². The molecule has 0 unspecified atom stereocenters. The van der Waals surface area contributed by atoms with Crippen LogP contribution in [0.15, 0.2) is 58.6 Å². The molecule has 9 heteroatoms. The van der Waals surface area contributed by atoms with Gasteiger partial charge in [0.05, 0.1) is 26.9 Å². The molecule has 1 aliphatic heterocycles. The number of aliphatic hydroxyl groups excluding tert-OH is 1. The standard InChI is InChI=1S/C24H22N2O7/c1-13-11-18(25-33-13)26-20(16-9-6-10-17(31-3)23(16)32-4)19(22(28)24(26)29)21(27)14-7-5-8-15(12-14)30-2/h5-12,20,27H,1-4H3/b21-19+/t20-/m0/s1. The van der Waals surface area contributed by atoms with Gasteiger partial charge in [-0.15, -0.1) is 0 Å². The number of anilines is 1. The van der Waals surface area contributed by atoms with Crippen LogP contribution < -0.4 is 19.1 Å². The summed E-state index contributed by atoms with van der Waals surface area (Å²) in [6, 6.07) is 12.1. The summed E-state index contributed by atoms with van der Waals surface area (Å²) in [5.74, 6) is -0.300. The average molecular weight is 450 g/mol. The highest BCUT2D eigenvalue weighted by Crippen LogP contribution is 2.47. The van der Waals surface area contributed by atoms with E-state index in [9.17, 15) is 14.7 Å². The number of aliphatic hydroxyl groups is 1. The van der Waals surface area contributed by atoms with E-state index in [1.54, 1.807) is 49.4 Å². The molecule has 0 spiro atoms. The maximum absolute atomic E-state index is 13.2. The first-order chi connectivity index (χ1) is 15.9. The van der Waals surface area contributed by atoms with Gasteiger partial charge >= 0.3 is 5.91 Å². The van der Waals surface area contributed by atoms with Crippen LogP contribution in [0.25, 0.3) is 5.76 Å². The van der Waals surface area contributed by atoms with Crippen molar-refractivity contribution >= 4 is 23.3 Å². The SMILES string of the molecule is COc1cccc(/C(O)=C2\C(=O)C(=O)N(c3cc(C)on3)[C@H]2c2cccc(OC)c2OC)c1. The smallest absolute Gasteiger partial charge is 0.301 e. The van der Waals surface area contributed by atoms with Crippen molar-refractivity contribution in [3.8, 4) is 17.2 Å². The first-order valence-corrected chi connectivity index (χ1v) is 10.0. The summed E-state index contributed by atoms with van der Waals surface area (Å²) in [6.45, 7) is 1.67. The van der Waals surface area contributed by atoms with Crippen molar-refractivity contribution in [3.05, 3.63) is 71.0 Å². The topological polar surface area (TPSA) is 111 Å². The molecule has 2 heterocycles. The number of hydrogen-bond acceptors (Lipinski definition) is 8. The van der Waals surface area contributed by atoms with Crippen LogP contribution in [0.5, 0.6) is 17.2 Å². The number of para-hydroxylation sites is 1. The zero-order valence-electron chi connectivity index (χ0n) is 18.5. The summed E-state index contributed by atoms with van der Waals surface area (Å²) in [6.07, 6.45) is 0. The number of nitrogens with zero attached hydrogens (tertiary/aromatic N) is 2. The summed E-state index contributed by atoms with van der Waals surface area (Å²) in [7, 11) is 4.43. The van der Waals surface area contributed by atoms with E-state index < -0.39 is 17.7 Å². The molecule has 1 aliphatic rings. The molecule has 1 N–H and O–H groups in total. The molecule has 1 amide bonds. The van der Waals surface area contributed by atoms with Crippen LogP contribution in [-0.2, 0) is 9.59 Å². The zero-order chi connectivity index (χ0) is 23.7. The lowest BCUT2D eigenvalue weighted by Gasteiger charge is -2.25. The molecular formula is C24H22N2O7. The molecule has 3 aromatic rings. The predicted molar refractivity (Wildman–Crippen MR) is 119 cm³/mol. The Morgan fingerprint density at radius 2 is 1.79 bits per heavy atom. The van der Waals surface area contributed by atoms with Crippen molar-refractivity contribution < 1.29 is 33.4 Å². The maximum Gasteiger partial charge on any atom is 0.301 e. The van der Waals surface area contributed by atoms with Gasteiger partial charge in [-0.25, -0.2) is 0 Å². The minimum Gasteiger partial charge on any atom is -0.507 e. The highest BCUT2D eigenvalue weighted by Gasteiger charge is 2.49. The van der Waals surface area contributed by atoms with E-state index in [-0.39, 0.29) is 17.2 Å². The predicted octanol–water partition coefficient (Wildman–Crippen LogP) is 3.64. The number of amides is 1. The highest BCUT2D eigenvalue weighted by molar-refractivity contribution is 6.51. The van der Waals surface area contributed by atoms with Crippen molar-refractivity contribution in [1.82, 2.24) is 5.16 Å². The molecule has 0 aliphatic carbocycles.